The van der Waals surface area contributed by atoms with E-state index in [9.17, 15) is 14.0 Å². The molecule has 146 valence electrons. The molecule has 1 aliphatic rings. The van der Waals surface area contributed by atoms with Gasteiger partial charge in [-0.1, -0.05) is 18.2 Å². The van der Waals surface area contributed by atoms with E-state index in [1.54, 1.807) is 34.8 Å². The fourth-order valence-corrected chi connectivity index (χ4v) is 3.53. The minimum absolute atomic E-state index is 0.145. The molecule has 0 saturated heterocycles. The van der Waals surface area contributed by atoms with Gasteiger partial charge in [-0.25, -0.2) is 14.2 Å². The van der Waals surface area contributed by atoms with Gasteiger partial charge in [0.2, 0.25) is 5.95 Å². The number of rotatable bonds is 3. The summed E-state index contributed by atoms with van der Waals surface area (Å²) in [6, 6.07) is 5.93. The summed E-state index contributed by atoms with van der Waals surface area (Å²) in [5.41, 5.74) is 0.698. The van der Waals surface area contributed by atoms with Crippen molar-refractivity contribution in [1.29, 1.82) is 0 Å². The second-order valence-electron chi connectivity index (χ2n) is 6.91. The Morgan fingerprint density at radius 3 is 2.61 bits per heavy atom. The number of halogens is 1. The van der Waals surface area contributed by atoms with Gasteiger partial charge in [0.05, 0.1) is 18.3 Å². The van der Waals surface area contributed by atoms with Crippen LogP contribution in [0.15, 0.2) is 39.0 Å². The van der Waals surface area contributed by atoms with Crippen molar-refractivity contribution in [1.82, 2.24) is 18.7 Å². The summed E-state index contributed by atoms with van der Waals surface area (Å²) in [6.07, 6.45) is 0. The van der Waals surface area contributed by atoms with Crippen LogP contribution in [-0.2, 0) is 13.6 Å². The van der Waals surface area contributed by atoms with Crippen molar-refractivity contribution in [2.24, 2.45) is 12.1 Å². The largest absolute Gasteiger partial charge is 0.332 e. The maximum Gasteiger partial charge on any atom is 0.332 e. The zero-order valence-electron chi connectivity index (χ0n) is 16.2. The minimum atomic E-state index is -0.537. The van der Waals surface area contributed by atoms with Crippen molar-refractivity contribution in [3.8, 4) is 0 Å². The van der Waals surface area contributed by atoms with Gasteiger partial charge in [0.1, 0.15) is 5.82 Å². The lowest BCUT2D eigenvalue weighted by molar-refractivity contribution is 0.580. The van der Waals surface area contributed by atoms with Crippen LogP contribution in [-0.4, -0.2) is 30.9 Å². The Labute approximate surface area is 160 Å². The molecular weight excluding hydrogens is 363 g/mol. The lowest BCUT2D eigenvalue weighted by Crippen LogP contribution is -2.40. The zero-order chi connectivity index (χ0) is 20.2. The second-order valence-corrected chi connectivity index (χ2v) is 6.91. The van der Waals surface area contributed by atoms with E-state index in [0.29, 0.717) is 23.7 Å². The molecular formula is C19H21FN6O2. The van der Waals surface area contributed by atoms with Crippen LogP contribution in [0.1, 0.15) is 32.4 Å². The Balaban J connectivity index is 2.02. The monoisotopic (exact) mass is 384 g/mol. The molecule has 0 bridgehead atoms. The predicted octanol–water partition coefficient (Wildman–Crippen LogP) is 1.86. The van der Waals surface area contributed by atoms with E-state index in [1.165, 1.54) is 10.6 Å². The summed E-state index contributed by atoms with van der Waals surface area (Å²) in [7, 11) is 1.57. The quantitative estimate of drug-likeness (QED) is 0.691. The number of benzene rings is 1. The molecule has 0 fully saturated rings. The average Bonchev–Trinajstić information content (AvgIpc) is 3.09. The van der Waals surface area contributed by atoms with Crippen LogP contribution in [0, 0.1) is 5.82 Å². The van der Waals surface area contributed by atoms with Crippen LogP contribution in [0.3, 0.4) is 0 Å². The highest BCUT2D eigenvalue weighted by atomic mass is 19.1. The zero-order valence-corrected chi connectivity index (χ0v) is 16.2. The van der Waals surface area contributed by atoms with Crippen LogP contribution >= 0.6 is 0 Å². The highest BCUT2D eigenvalue weighted by Crippen LogP contribution is 2.29. The van der Waals surface area contributed by atoms with Crippen molar-refractivity contribution < 1.29 is 4.39 Å². The maximum absolute atomic E-state index is 14.1. The molecule has 28 heavy (non-hydrogen) atoms. The Morgan fingerprint density at radius 2 is 1.93 bits per heavy atom. The molecule has 0 aliphatic carbocycles. The second kappa shape index (κ2) is 6.43. The number of imidazole rings is 1. The molecule has 8 nitrogen and oxygen atoms in total. The molecule has 3 aromatic rings. The number of fused-ring (bicyclic) bond motifs is 3. The SMILES string of the molecule is CCN1N=C(C)[C@@H](C)n2c1nc1c2c(=O)n(Cc2ccccc2F)c(=O)n1C. The number of aromatic nitrogens is 4. The van der Waals surface area contributed by atoms with Crippen LogP contribution in [0.25, 0.3) is 11.2 Å². The van der Waals surface area contributed by atoms with E-state index >= 15 is 0 Å². The molecule has 0 saturated carbocycles. The van der Waals surface area contributed by atoms with Crippen LogP contribution < -0.4 is 16.3 Å². The summed E-state index contributed by atoms with van der Waals surface area (Å²) in [5.74, 6) is 0.0618. The molecule has 2 aromatic heterocycles. The number of anilines is 1. The van der Waals surface area contributed by atoms with Gasteiger partial charge in [-0.2, -0.15) is 10.1 Å². The molecule has 1 aromatic carbocycles. The van der Waals surface area contributed by atoms with Crippen LogP contribution in [0.2, 0.25) is 0 Å². The van der Waals surface area contributed by atoms with E-state index in [-0.39, 0.29) is 18.2 Å². The summed E-state index contributed by atoms with van der Waals surface area (Å²) in [5, 5.41) is 6.23. The molecule has 0 unspecified atom stereocenters. The van der Waals surface area contributed by atoms with E-state index in [1.807, 2.05) is 20.8 Å². The normalized spacial score (nSPS) is 16.4. The fraction of sp³-hybridized carbons (Fsp3) is 0.368. The third-order valence-electron chi connectivity index (χ3n) is 5.24. The lowest BCUT2D eigenvalue weighted by Gasteiger charge is -2.28. The Hall–Kier alpha value is -3.23. The van der Waals surface area contributed by atoms with E-state index in [4.69, 9.17) is 0 Å². The van der Waals surface area contributed by atoms with E-state index in [0.717, 1.165) is 10.3 Å². The lowest BCUT2D eigenvalue weighted by atomic mass is 10.2. The molecule has 0 N–H and O–H groups in total. The van der Waals surface area contributed by atoms with Gasteiger partial charge >= 0.3 is 5.69 Å². The first-order valence-electron chi connectivity index (χ1n) is 9.13. The Bertz CT molecular complexity index is 1240. The summed E-state index contributed by atoms with van der Waals surface area (Å²) in [6.45, 7) is 6.19. The molecule has 3 heterocycles. The van der Waals surface area contributed by atoms with Gasteiger partial charge in [0.25, 0.3) is 5.56 Å². The first kappa shape index (κ1) is 18.1. The standard InChI is InChI=1S/C19H21FN6O2/c1-5-25-18-21-16-15(26(18)12(3)11(2)22-25)17(27)24(19(28)23(16)4)10-13-8-6-7-9-14(13)20/h6-9,12H,5,10H2,1-4H3/t12-/m1/s1. The van der Waals surface area contributed by atoms with Crippen molar-refractivity contribution >= 4 is 22.8 Å². The minimum Gasteiger partial charge on any atom is -0.294 e. The first-order chi connectivity index (χ1) is 13.3. The highest BCUT2D eigenvalue weighted by Gasteiger charge is 2.30. The van der Waals surface area contributed by atoms with Crippen LogP contribution in [0.4, 0.5) is 10.3 Å². The highest BCUT2D eigenvalue weighted by molar-refractivity contribution is 5.91. The van der Waals surface area contributed by atoms with Gasteiger partial charge in [-0.05, 0) is 26.8 Å². The number of hydrogen-bond donors (Lipinski definition) is 0. The van der Waals surface area contributed by atoms with Crippen molar-refractivity contribution in [3.63, 3.8) is 0 Å². The summed E-state index contributed by atoms with van der Waals surface area (Å²) >= 11 is 0. The van der Waals surface area contributed by atoms with E-state index < -0.39 is 17.1 Å². The topological polar surface area (TPSA) is 77.4 Å². The first-order valence-corrected chi connectivity index (χ1v) is 9.13. The number of aryl methyl sites for hydroxylation is 1. The predicted molar refractivity (Wildman–Crippen MR) is 106 cm³/mol. The third kappa shape index (κ3) is 2.49. The third-order valence-corrected chi connectivity index (χ3v) is 5.24. The average molecular weight is 384 g/mol. The summed E-state index contributed by atoms with van der Waals surface area (Å²) < 4.78 is 18.3. The van der Waals surface area contributed by atoms with Gasteiger partial charge in [-0.15, -0.1) is 0 Å². The Morgan fingerprint density at radius 1 is 1.21 bits per heavy atom. The molecule has 0 amide bonds. The van der Waals surface area contributed by atoms with Gasteiger partial charge in [-0.3, -0.25) is 18.5 Å². The molecule has 0 radical (unpaired) electrons. The van der Waals surface area contributed by atoms with E-state index in [2.05, 4.69) is 10.1 Å². The van der Waals surface area contributed by atoms with Gasteiger partial charge in [0.15, 0.2) is 11.2 Å². The molecule has 1 atom stereocenters. The Kier molecular flexibility index (Phi) is 4.17. The molecule has 0 spiro atoms. The van der Waals surface area contributed by atoms with Crippen molar-refractivity contribution in [2.75, 3.05) is 11.6 Å². The van der Waals surface area contributed by atoms with Crippen molar-refractivity contribution in [3.05, 3.63) is 56.5 Å². The van der Waals surface area contributed by atoms with Crippen LogP contribution in [0.5, 0.6) is 0 Å². The number of hydrazone groups is 1. The maximum atomic E-state index is 14.1. The van der Waals surface area contributed by atoms with Gasteiger partial charge < -0.3 is 0 Å². The molecule has 4 rings (SSSR count). The fourth-order valence-electron chi connectivity index (χ4n) is 3.53. The van der Waals surface area contributed by atoms with Crippen molar-refractivity contribution in [2.45, 2.75) is 33.4 Å². The number of hydrogen-bond acceptors (Lipinski definition) is 5. The smallest absolute Gasteiger partial charge is 0.294 e. The number of nitrogens with zero attached hydrogens (tertiary/aromatic N) is 6. The molecule has 1 aliphatic heterocycles. The van der Waals surface area contributed by atoms with Gasteiger partial charge in [0, 0.05) is 19.2 Å². The molecule has 9 heteroatoms. The summed E-state index contributed by atoms with van der Waals surface area (Å²) in [4.78, 5) is 30.7.